The van der Waals surface area contributed by atoms with Gasteiger partial charge in [-0.25, -0.2) is 0 Å². The van der Waals surface area contributed by atoms with Crippen LogP contribution >= 0.6 is 11.6 Å². The van der Waals surface area contributed by atoms with Crippen LogP contribution in [-0.4, -0.2) is 23.2 Å². The average Bonchev–Trinajstić information content (AvgIpc) is 2.94. The number of nitrogens with two attached hydrogens (primary N) is 1. The Morgan fingerprint density at radius 2 is 2.43 bits per heavy atom. The molecule has 0 aromatic carbocycles. The monoisotopic (exact) mass is 212 g/mol. The number of hydrogen-bond acceptors (Lipinski definition) is 3. The lowest BCUT2D eigenvalue weighted by atomic mass is 9.99. The summed E-state index contributed by atoms with van der Waals surface area (Å²) < 4.78 is 0. The Kier molecular flexibility index (Phi) is 2.47. The predicted octanol–water partition coefficient (Wildman–Crippen LogP) is 0.944. The van der Waals surface area contributed by atoms with Crippen molar-refractivity contribution in [3.05, 3.63) is 29.0 Å². The van der Waals surface area contributed by atoms with E-state index in [-0.39, 0.29) is 17.9 Å². The second kappa shape index (κ2) is 3.50. The standard InChI is InChI=1S/C10H13ClN2O/c11-8-1-2-9(13-4-8)10(6-12)3-7(10)5-14/h1-2,4,7,14H,3,5-6,12H2. The molecule has 1 aromatic rings. The van der Waals surface area contributed by atoms with Crippen molar-refractivity contribution >= 4 is 11.6 Å². The zero-order valence-electron chi connectivity index (χ0n) is 7.78. The molecule has 0 amide bonds. The zero-order valence-corrected chi connectivity index (χ0v) is 8.54. The fourth-order valence-corrected chi connectivity index (χ4v) is 2.07. The van der Waals surface area contributed by atoms with Crippen molar-refractivity contribution in [1.29, 1.82) is 0 Å². The lowest BCUT2D eigenvalue weighted by Gasteiger charge is -2.13. The molecule has 0 aliphatic heterocycles. The van der Waals surface area contributed by atoms with Gasteiger partial charge in [-0.2, -0.15) is 0 Å². The molecule has 1 fully saturated rings. The SMILES string of the molecule is NCC1(c2ccc(Cl)cn2)CC1CO. The molecule has 76 valence electrons. The third kappa shape index (κ3) is 1.41. The smallest absolute Gasteiger partial charge is 0.0589 e. The Hall–Kier alpha value is -0.640. The quantitative estimate of drug-likeness (QED) is 0.784. The van der Waals surface area contributed by atoms with Gasteiger partial charge in [0.05, 0.1) is 5.02 Å². The summed E-state index contributed by atoms with van der Waals surface area (Å²) in [6, 6.07) is 3.71. The van der Waals surface area contributed by atoms with Gasteiger partial charge in [-0.1, -0.05) is 11.6 Å². The maximum atomic E-state index is 9.08. The zero-order chi connectivity index (χ0) is 10.2. The molecule has 0 spiro atoms. The molecule has 14 heavy (non-hydrogen) atoms. The molecule has 2 unspecified atom stereocenters. The van der Waals surface area contributed by atoms with Crippen LogP contribution in [0.25, 0.3) is 0 Å². The van der Waals surface area contributed by atoms with Gasteiger partial charge in [-0.05, 0) is 24.5 Å². The largest absolute Gasteiger partial charge is 0.396 e. The number of aromatic nitrogens is 1. The van der Waals surface area contributed by atoms with Gasteiger partial charge in [0.25, 0.3) is 0 Å². The lowest BCUT2D eigenvalue weighted by Crippen LogP contribution is -2.24. The summed E-state index contributed by atoms with van der Waals surface area (Å²) in [6.45, 7) is 0.717. The van der Waals surface area contributed by atoms with Crippen LogP contribution in [0.3, 0.4) is 0 Å². The molecule has 1 aliphatic rings. The summed E-state index contributed by atoms with van der Waals surface area (Å²) in [5.74, 6) is 0.265. The van der Waals surface area contributed by atoms with Gasteiger partial charge in [-0.15, -0.1) is 0 Å². The molecule has 1 saturated carbocycles. The highest BCUT2D eigenvalue weighted by molar-refractivity contribution is 6.30. The van der Waals surface area contributed by atoms with Crippen LogP contribution in [0.1, 0.15) is 12.1 Å². The lowest BCUT2D eigenvalue weighted by molar-refractivity contribution is 0.263. The van der Waals surface area contributed by atoms with Crippen molar-refractivity contribution in [2.45, 2.75) is 11.8 Å². The number of aliphatic hydroxyl groups excluding tert-OH is 1. The molecule has 0 radical (unpaired) electrons. The van der Waals surface area contributed by atoms with Crippen molar-refractivity contribution in [1.82, 2.24) is 4.98 Å². The fraction of sp³-hybridized carbons (Fsp3) is 0.500. The van der Waals surface area contributed by atoms with Gasteiger partial charge >= 0.3 is 0 Å². The van der Waals surface area contributed by atoms with Crippen LogP contribution in [0.2, 0.25) is 5.02 Å². The summed E-state index contributed by atoms with van der Waals surface area (Å²) in [6.07, 6.45) is 2.55. The molecule has 4 heteroatoms. The van der Waals surface area contributed by atoms with E-state index in [1.165, 1.54) is 0 Å². The van der Waals surface area contributed by atoms with Crippen LogP contribution in [0.4, 0.5) is 0 Å². The van der Waals surface area contributed by atoms with E-state index in [0.717, 1.165) is 12.1 Å². The molecule has 0 bridgehead atoms. The van der Waals surface area contributed by atoms with Gasteiger partial charge < -0.3 is 10.8 Å². The number of rotatable bonds is 3. The molecule has 3 N–H and O–H groups in total. The van der Waals surface area contributed by atoms with E-state index in [0.29, 0.717) is 11.6 Å². The third-order valence-corrected chi connectivity index (χ3v) is 3.28. The van der Waals surface area contributed by atoms with Crippen LogP contribution in [0.15, 0.2) is 18.3 Å². The summed E-state index contributed by atoms with van der Waals surface area (Å²) in [4.78, 5) is 4.26. The van der Waals surface area contributed by atoms with E-state index in [1.807, 2.05) is 12.1 Å². The normalized spacial score (nSPS) is 30.4. The Morgan fingerprint density at radius 1 is 1.64 bits per heavy atom. The van der Waals surface area contributed by atoms with Crippen LogP contribution in [0.5, 0.6) is 0 Å². The van der Waals surface area contributed by atoms with Crippen molar-refractivity contribution in [2.75, 3.05) is 13.2 Å². The Morgan fingerprint density at radius 3 is 2.86 bits per heavy atom. The first kappa shape index (κ1) is 9.90. The maximum absolute atomic E-state index is 9.08. The van der Waals surface area contributed by atoms with E-state index < -0.39 is 0 Å². The highest BCUT2D eigenvalue weighted by atomic mass is 35.5. The fourth-order valence-electron chi connectivity index (χ4n) is 1.96. The van der Waals surface area contributed by atoms with Crippen molar-refractivity contribution in [3.63, 3.8) is 0 Å². The molecule has 1 aromatic heterocycles. The van der Waals surface area contributed by atoms with E-state index in [1.54, 1.807) is 6.20 Å². The molecule has 2 rings (SSSR count). The summed E-state index contributed by atoms with van der Waals surface area (Å²) in [5, 5.41) is 9.71. The number of aliphatic hydroxyl groups is 1. The van der Waals surface area contributed by atoms with Gasteiger partial charge in [0.2, 0.25) is 0 Å². The summed E-state index contributed by atoms with van der Waals surface area (Å²) >= 11 is 5.75. The maximum Gasteiger partial charge on any atom is 0.0589 e. The van der Waals surface area contributed by atoms with Crippen LogP contribution in [0, 0.1) is 5.92 Å². The molecular weight excluding hydrogens is 200 g/mol. The molecule has 0 saturated heterocycles. The van der Waals surface area contributed by atoms with E-state index in [2.05, 4.69) is 4.98 Å². The minimum atomic E-state index is -0.0979. The first-order valence-corrected chi connectivity index (χ1v) is 5.03. The Balaban J connectivity index is 2.26. The Labute approximate surface area is 87.9 Å². The molecule has 1 heterocycles. The Bertz CT molecular complexity index is 327. The predicted molar refractivity (Wildman–Crippen MR) is 55.2 cm³/mol. The molecule has 3 nitrogen and oxygen atoms in total. The highest BCUT2D eigenvalue weighted by Crippen LogP contribution is 2.52. The molecule has 1 aliphatic carbocycles. The minimum Gasteiger partial charge on any atom is -0.396 e. The van der Waals surface area contributed by atoms with Crippen LogP contribution < -0.4 is 5.73 Å². The third-order valence-electron chi connectivity index (χ3n) is 3.05. The summed E-state index contributed by atoms with van der Waals surface area (Å²) in [7, 11) is 0. The first-order chi connectivity index (χ1) is 6.73. The van der Waals surface area contributed by atoms with E-state index >= 15 is 0 Å². The number of halogens is 1. The molecular formula is C10H13ClN2O. The van der Waals surface area contributed by atoms with Gasteiger partial charge in [-0.3, -0.25) is 4.98 Å². The van der Waals surface area contributed by atoms with Crippen LogP contribution in [-0.2, 0) is 5.41 Å². The van der Waals surface area contributed by atoms with Gasteiger partial charge in [0.15, 0.2) is 0 Å². The highest BCUT2D eigenvalue weighted by Gasteiger charge is 2.54. The molecule has 2 atom stereocenters. The van der Waals surface area contributed by atoms with Crippen molar-refractivity contribution in [2.24, 2.45) is 11.7 Å². The van der Waals surface area contributed by atoms with Gasteiger partial charge in [0.1, 0.15) is 0 Å². The van der Waals surface area contributed by atoms with E-state index in [4.69, 9.17) is 22.4 Å². The van der Waals surface area contributed by atoms with E-state index in [9.17, 15) is 0 Å². The van der Waals surface area contributed by atoms with Crippen molar-refractivity contribution < 1.29 is 5.11 Å². The topological polar surface area (TPSA) is 59.1 Å². The first-order valence-electron chi connectivity index (χ1n) is 4.66. The minimum absolute atomic E-state index is 0.0979. The van der Waals surface area contributed by atoms with Crippen molar-refractivity contribution in [3.8, 4) is 0 Å². The van der Waals surface area contributed by atoms with Gasteiger partial charge in [0, 0.05) is 30.5 Å². The number of pyridine rings is 1. The number of hydrogen-bond donors (Lipinski definition) is 2. The summed E-state index contributed by atoms with van der Waals surface area (Å²) in [5.41, 5.74) is 6.57. The number of nitrogens with zero attached hydrogens (tertiary/aromatic N) is 1. The second-order valence-electron chi connectivity index (χ2n) is 3.81. The second-order valence-corrected chi connectivity index (χ2v) is 4.24. The average molecular weight is 213 g/mol.